The van der Waals surface area contributed by atoms with Crippen LogP contribution in [0.15, 0.2) is 42.5 Å². The first-order valence-electron chi connectivity index (χ1n) is 14.9. The van der Waals surface area contributed by atoms with E-state index in [1.165, 1.54) is 58.8 Å². The van der Waals surface area contributed by atoms with Gasteiger partial charge in [-0.05, 0) is 48.0 Å². The van der Waals surface area contributed by atoms with Crippen LogP contribution in [0, 0.1) is 0 Å². The van der Waals surface area contributed by atoms with Crippen LogP contribution in [0.25, 0.3) is 6.08 Å². The molecule has 0 amide bonds. The van der Waals surface area contributed by atoms with Crippen molar-refractivity contribution in [3.8, 4) is 23.0 Å². The van der Waals surface area contributed by atoms with Gasteiger partial charge >= 0.3 is 11.9 Å². The van der Waals surface area contributed by atoms with Gasteiger partial charge in [0.25, 0.3) is 0 Å². The Balaban J connectivity index is 1.51. The van der Waals surface area contributed by atoms with Crippen molar-refractivity contribution in [2.75, 3.05) is 48.3 Å². The Morgan fingerprint density at radius 2 is 1.49 bits per heavy atom. The van der Waals surface area contributed by atoms with E-state index in [2.05, 4.69) is 0 Å². The Morgan fingerprint density at radius 3 is 2.04 bits per heavy atom. The van der Waals surface area contributed by atoms with Gasteiger partial charge in [-0.15, -0.1) is 0 Å². The number of aliphatic hydroxyl groups is 6. The summed E-state index contributed by atoms with van der Waals surface area (Å²) in [7, 11) is 5.71. The van der Waals surface area contributed by atoms with Gasteiger partial charge in [0.15, 0.2) is 23.9 Å². The molecule has 0 saturated carbocycles. The number of benzene rings is 2. The molecule has 2 aliphatic rings. The predicted octanol–water partition coefficient (Wildman–Crippen LogP) is -1.23. The lowest BCUT2D eigenvalue weighted by Crippen LogP contribution is -2.63. The number of hydrogen-bond donors (Lipinski definition) is 6. The average molecular weight is 697 g/mol. The highest BCUT2D eigenvalue weighted by molar-refractivity contribution is 5.89. The highest BCUT2D eigenvalue weighted by Gasteiger charge is 2.60. The van der Waals surface area contributed by atoms with E-state index in [0.29, 0.717) is 28.6 Å². The topological polar surface area (TPSA) is 239 Å². The molecule has 2 aromatic rings. The van der Waals surface area contributed by atoms with Gasteiger partial charge < -0.3 is 73.3 Å². The number of ether oxygens (including phenoxy) is 9. The van der Waals surface area contributed by atoms with Crippen molar-refractivity contribution in [1.29, 1.82) is 0 Å². The average Bonchev–Trinajstić information content (AvgIpc) is 3.39. The molecule has 0 radical (unpaired) electrons. The molecule has 2 heterocycles. The molecule has 0 aromatic heterocycles. The summed E-state index contributed by atoms with van der Waals surface area (Å²) in [5.41, 5.74) is 0.573. The first kappa shape index (κ1) is 37.8. The quantitative estimate of drug-likeness (QED) is 0.100. The number of methoxy groups -OCH3 is 4. The molecule has 0 unspecified atom stereocenters. The third kappa shape index (κ3) is 8.23. The van der Waals surface area contributed by atoms with E-state index < -0.39 is 86.6 Å². The van der Waals surface area contributed by atoms with E-state index in [9.17, 15) is 40.2 Å². The standard InChI is InChI=1S/C32H40O17/c1-41-18-8-6-17(7-9-18)30(40)45-14-22-24(36)26(38)27(39)31(46-22)49-32(15-34)29(25(37)21(13-33)48-32)47-23(35)10-5-16-11-19(42-2)28(44-4)20(12-16)43-3/h5-12,21-22,24-27,29,31,33-34,36-39H,13-15H2,1-4H3/t21-,22+,24-,25-,26+,27-,29+,31-,32-/m1/s1. The molecular formula is C32H40O17. The number of rotatable bonds is 14. The summed E-state index contributed by atoms with van der Waals surface area (Å²) < 4.78 is 48.6. The lowest BCUT2D eigenvalue weighted by Gasteiger charge is -2.43. The van der Waals surface area contributed by atoms with Gasteiger partial charge in [0.2, 0.25) is 11.5 Å². The molecule has 2 fully saturated rings. The first-order chi connectivity index (χ1) is 23.4. The molecule has 2 aromatic carbocycles. The molecule has 4 rings (SSSR count). The second kappa shape index (κ2) is 16.6. The lowest BCUT2D eigenvalue weighted by atomic mass is 9.98. The normalized spacial score (nSPS) is 29.8. The van der Waals surface area contributed by atoms with Crippen molar-refractivity contribution in [2.45, 2.75) is 54.8 Å². The summed E-state index contributed by atoms with van der Waals surface area (Å²) in [6, 6.07) is 9.04. The molecule has 2 saturated heterocycles. The van der Waals surface area contributed by atoms with Gasteiger partial charge in [-0.1, -0.05) is 0 Å². The van der Waals surface area contributed by atoms with Crippen molar-refractivity contribution in [1.82, 2.24) is 0 Å². The molecule has 270 valence electrons. The van der Waals surface area contributed by atoms with E-state index in [-0.39, 0.29) is 5.56 Å². The zero-order valence-corrected chi connectivity index (χ0v) is 27.0. The minimum Gasteiger partial charge on any atom is -0.497 e. The fourth-order valence-corrected chi connectivity index (χ4v) is 5.25. The maximum absolute atomic E-state index is 13.0. The molecule has 9 atom stereocenters. The Bertz CT molecular complexity index is 1420. The van der Waals surface area contributed by atoms with Crippen LogP contribution in [-0.2, 0) is 28.5 Å². The fourth-order valence-electron chi connectivity index (χ4n) is 5.25. The second-order valence-corrected chi connectivity index (χ2v) is 10.9. The van der Waals surface area contributed by atoms with Gasteiger partial charge in [0.05, 0.1) is 40.6 Å². The van der Waals surface area contributed by atoms with Crippen molar-refractivity contribution < 1.29 is 82.9 Å². The van der Waals surface area contributed by atoms with Gasteiger partial charge in [-0.3, -0.25) is 0 Å². The van der Waals surface area contributed by atoms with Crippen molar-refractivity contribution in [3.63, 3.8) is 0 Å². The SMILES string of the molecule is COc1ccc(C(=O)OC[C@@H]2O[C@H](O[C@@]3(CO)O[C@H](CO)[C@@H](O)[C@@H]3OC(=O)C=Cc3cc(OC)c(OC)c(OC)c3)[C@H](O)[C@@H](O)[C@@H]2O)cc1. The molecular weight excluding hydrogens is 656 g/mol. The number of esters is 2. The molecule has 0 aliphatic carbocycles. The van der Waals surface area contributed by atoms with Crippen molar-refractivity contribution >= 4 is 18.0 Å². The maximum atomic E-state index is 13.0. The summed E-state index contributed by atoms with van der Waals surface area (Å²) >= 11 is 0. The van der Waals surface area contributed by atoms with Crippen LogP contribution >= 0.6 is 0 Å². The highest BCUT2D eigenvalue weighted by atomic mass is 16.8. The third-order valence-corrected chi connectivity index (χ3v) is 7.91. The number of carbonyl (C=O) groups is 2. The van der Waals surface area contributed by atoms with Gasteiger partial charge in [0, 0.05) is 6.08 Å². The van der Waals surface area contributed by atoms with Crippen LogP contribution in [0.3, 0.4) is 0 Å². The largest absolute Gasteiger partial charge is 0.497 e. The van der Waals surface area contributed by atoms with E-state index in [1.807, 2.05) is 0 Å². The summed E-state index contributed by atoms with van der Waals surface area (Å²) in [5.74, 6) is -2.88. The summed E-state index contributed by atoms with van der Waals surface area (Å²) in [4.78, 5) is 25.5. The summed E-state index contributed by atoms with van der Waals surface area (Å²) in [6.45, 7) is -2.53. The van der Waals surface area contributed by atoms with Crippen LogP contribution in [-0.4, -0.2) is 146 Å². The molecule has 17 heteroatoms. The van der Waals surface area contributed by atoms with E-state index >= 15 is 0 Å². The predicted molar refractivity (Wildman–Crippen MR) is 164 cm³/mol. The summed E-state index contributed by atoms with van der Waals surface area (Å²) in [5, 5.41) is 63.0. The van der Waals surface area contributed by atoms with E-state index in [0.717, 1.165) is 6.08 Å². The molecule has 17 nitrogen and oxygen atoms in total. The zero-order chi connectivity index (χ0) is 35.9. The van der Waals surface area contributed by atoms with Gasteiger partial charge in [-0.2, -0.15) is 0 Å². The Morgan fingerprint density at radius 1 is 0.837 bits per heavy atom. The number of aliphatic hydroxyl groups excluding tert-OH is 6. The number of hydrogen-bond acceptors (Lipinski definition) is 17. The van der Waals surface area contributed by atoms with Crippen molar-refractivity contribution in [2.24, 2.45) is 0 Å². The molecule has 2 aliphatic heterocycles. The minimum atomic E-state index is -2.46. The van der Waals surface area contributed by atoms with Crippen LogP contribution in [0.4, 0.5) is 0 Å². The van der Waals surface area contributed by atoms with Crippen molar-refractivity contribution in [3.05, 3.63) is 53.6 Å². The van der Waals surface area contributed by atoms with Crippen LogP contribution in [0.2, 0.25) is 0 Å². The fraction of sp³-hybridized carbons (Fsp3) is 0.500. The van der Waals surface area contributed by atoms with Crippen LogP contribution < -0.4 is 18.9 Å². The van der Waals surface area contributed by atoms with Gasteiger partial charge in [0.1, 0.15) is 55.6 Å². The molecule has 6 N–H and O–H groups in total. The second-order valence-electron chi connectivity index (χ2n) is 10.9. The smallest absolute Gasteiger partial charge is 0.338 e. The summed E-state index contributed by atoms with van der Waals surface area (Å²) in [6.07, 6.45) is -11.7. The van der Waals surface area contributed by atoms with Crippen LogP contribution in [0.1, 0.15) is 15.9 Å². The Hall–Kier alpha value is -4.04. The lowest BCUT2D eigenvalue weighted by molar-refractivity contribution is -0.383. The third-order valence-electron chi connectivity index (χ3n) is 7.91. The van der Waals surface area contributed by atoms with E-state index in [4.69, 9.17) is 42.6 Å². The number of carbonyl (C=O) groups excluding carboxylic acids is 2. The first-order valence-corrected chi connectivity index (χ1v) is 14.9. The molecule has 0 spiro atoms. The minimum absolute atomic E-state index is 0.145. The Labute approximate surface area is 280 Å². The maximum Gasteiger partial charge on any atom is 0.338 e. The Kier molecular flexibility index (Phi) is 12.8. The molecule has 49 heavy (non-hydrogen) atoms. The monoisotopic (exact) mass is 696 g/mol. The highest BCUT2D eigenvalue weighted by Crippen LogP contribution is 2.40. The van der Waals surface area contributed by atoms with Crippen LogP contribution in [0.5, 0.6) is 23.0 Å². The molecule has 0 bridgehead atoms. The zero-order valence-electron chi connectivity index (χ0n) is 27.0. The van der Waals surface area contributed by atoms with Gasteiger partial charge in [-0.25, -0.2) is 9.59 Å². The van der Waals surface area contributed by atoms with E-state index in [1.54, 1.807) is 12.1 Å².